The molecule has 1 heteroatoms. The van der Waals surface area contributed by atoms with E-state index in [1.54, 1.807) is 0 Å². The lowest BCUT2D eigenvalue weighted by Gasteiger charge is -2.50. The highest BCUT2D eigenvalue weighted by atomic mass is 15.2. The number of rotatable bonds is 1. The molecule has 2 atom stereocenters. The zero-order chi connectivity index (χ0) is 7.68. The van der Waals surface area contributed by atoms with Crippen molar-refractivity contribution < 1.29 is 0 Å². The van der Waals surface area contributed by atoms with Crippen LogP contribution < -0.4 is 0 Å². The van der Waals surface area contributed by atoms with Gasteiger partial charge in [0.05, 0.1) is 6.54 Å². The van der Waals surface area contributed by atoms with Gasteiger partial charge in [-0.1, -0.05) is 18.8 Å². The van der Waals surface area contributed by atoms with Crippen molar-refractivity contribution in [2.45, 2.75) is 31.7 Å². The van der Waals surface area contributed by atoms with Gasteiger partial charge in [0.25, 0.3) is 0 Å². The van der Waals surface area contributed by atoms with Crippen LogP contribution in [0.15, 0.2) is 0 Å². The Kier molecular flexibility index (Phi) is 1.87. The Bertz CT molecular complexity index is 180. The highest BCUT2D eigenvalue weighted by Crippen LogP contribution is 2.36. The molecule has 0 spiro atoms. The standard InChI is InChI=1S/C10H15N/c1-2-7-11-8-9-5-3-4-6-10(9)11/h1,9-10H,3-8H2/t9-,10-/m1/s1. The smallest absolute Gasteiger partial charge is 0.0601 e. The summed E-state index contributed by atoms with van der Waals surface area (Å²) in [4.78, 5) is 2.45. The second kappa shape index (κ2) is 2.87. The van der Waals surface area contributed by atoms with Gasteiger partial charge in [0.1, 0.15) is 0 Å². The molecule has 0 aromatic rings. The Morgan fingerprint density at radius 1 is 1.36 bits per heavy atom. The van der Waals surface area contributed by atoms with E-state index in [1.807, 2.05) is 0 Å². The maximum atomic E-state index is 5.27. The van der Waals surface area contributed by atoms with Gasteiger partial charge in [-0.15, -0.1) is 6.42 Å². The van der Waals surface area contributed by atoms with Gasteiger partial charge in [-0.25, -0.2) is 0 Å². The third kappa shape index (κ3) is 1.16. The summed E-state index contributed by atoms with van der Waals surface area (Å²) in [6.07, 6.45) is 11.0. The van der Waals surface area contributed by atoms with Crippen LogP contribution in [0.4, 0.5) is 0 Å². The van der Waals surface area contributed by atoms with Crippen LogP contribution in [0.2, 0.25) is 0 Å². The van der Waals surface area contributed by atoms with E-state index in [9.17, 15) is 0 Å². The van der Waals surface area contributed by atoms with Crippen molar-refractivity contribution in [1.82, 2.24) is 4.90 Å². The molecule has 11 heavy (non-hydrogen) atoms. The van der Waals surface area contributed by atoms with Gasteiger partial charge >= 0.3 is 0 Å². The predicted octanol–water partition coefficient (Wildman–Crippen LogP) is 1.49. The molecule has 1 saturated carbocycles. The zero-order valence-corrected chi connectivity index (χ0v) is 6.92. The molecular weight excluding hydrogens is 134 g/mol. The number of nitrogens with zero attached hydrogens (tertiary/aromatic N) is 1. The molecular formula is C10H15N. The molecule has 2 rings (SSSR count). The van der Waals surface area contributed by atoms with E-state index in [2.05, 4.69) is 10.8 Å². The Balaban J connectivity index is 1.87. The molecule has 60 valence electrons. The fourth-order valence-corrected chi connectivity index (χ4v) is 2.48. The minimum absolute atomic E-state index is 0.861. The maximum Gasteiger partial charge on any atom is 0.0601 e. The van der Waals surface area contributed by atoms with Crippen molar-refractivity contribution in [2.24, 2.45) is 5.92 Å². The number of fused-ring (bicyclic) bond motifs is 1. The molecule has 0 N–H and O–H groups in total. The highest BCUT2D eigenvalue weighted by Gasteiger charge is 2.38. The Morgan fingerprint density at radius 2 is 2.18 bits per heavy atom. The number of hydrogen-bond acceptors (Lipinski definition) is 1. The van der Waals surface area contributed by atoms with Gasteiger partial charge in [-0.05, 0) is 18.8 Å². The quantitative estimate of drug-likeness (QED) is 0.511. The maximum absolute atomic E-state index is 5.27. The van der Waals surface area contributed by atoms with Crippen molar-refractivity contribution >= 4 is 0 Å². The van der Waals surface area contributed by atoms with Crippen molar-refractivity contribution in [3.8, 4) is 12.3 Å². The largest absolute Gasteiger partial charge is 0.289 e. The van der Waals surface area contributed by atoms with E-state index in [0.717, 1.165) is 18.5 Å². The number of likely N-dealkylation sites (tertiary alicyclic amines) is 1. The molecule has 1 nitrogen and oxygen atoms in total. The van der Waals surface area contributed by atoms with Crippen LogP contribution in [0.1, 0.15) is 25.7 Å². The average Bonchev–Trinajstić information content (AvgIpc) is 2.01. The summed E-state index contributed by atoms with van der Waals surface area (Å²) in [6.45, 7) is 2.15. The van der Waals surface area contributed by atoms with Crippen molar-refractivity contribution in [3.63, 3.8) is 0 Å². The van der Waals surface area contributed by atoms with Gasteiger partial charge in [0.15, 0.2) is 0 Å². The molecule has 1 saturated heterocycles. The minimum Gasteiger partial charge on any atom is -0.289 e. The Morgan fingerprint density at radius 3 is 2.91 bits per heavy atom. The topological polar surface area (TPSA) is 3.24 Å². The van der Waals surface area contributed by atoms with Crippen LogP contribution in [0.25, 0.3) is 0 Å². The lowest BCUT2D eigenvalue weighted by atomic mass is 9.77. The SMILES string of the molecule is C#CCN1C[C@H]2CCCC[C@H]21. The first-order valence-corrected chi connectivity index (χ1v) is 4.59. The monoisotopic (exact) mass is 149 g/mol. The van der Waals surface area contributed by atoms with Gasteiger partial charge in [-0.3, -0.25) is 4.90 Å². The summed E-state index contributed by atoms with van der Waals surface area (Å²) in [7, 11) is 0. The lowest BCUT2D eigenvalue weighted by Crippen LogP contribution is -2.57. The molecule has 0 aromatic heterocycles. The molecule has 2 aliphatic rings. The summed E-state index contributed by atoms with van der Waals surface area (Å²) in [5, 5.41) is 0. The molecule has 0 radical (unpaired) electrons. The molecule has 0 bridgehead atoms. The zero-order valence-electron chi connectivity index (χ0n) is 6.92. The third-order valence-electron chi connectivity index (χ3n) is 3.10. The van der Waals surface area contributed by atoms with E-state index in [-0.39, 0.29) is 0 Å². The van der Waals surface area contributed by atoms with Gasteiger partial charge in [0, 0.05) is 12.6 Å². The first kappa shape index (κ1) is 7.18. The summed E-state index contributed by atoms with van der Waals surface area (Å²) >= 11 is 0. The fraction of sp³-hybridized carbons (Fsp3) is 0.800. The second-order valence-electron chi connectivity index (χ2n) is 3.75. The second-order valence-corrected chi connectivity index (χ2v) is 3.75. The predicted molar refractivity (Wildman–Crippen MR) is 46.2 cm³/mol. The van der Waals surface area contributed by atoms with Crippen LogP contribution in [0, 0.1) is 18.3 Å². The molecule has 0 unspecified atom stereocenters. The Hall–Kier alpha value is -0.480. The first-order chi connectivity index (χ1) is 5.42. The molecule has 1 aliphatic carbocycles. The normalized spacial score (nSPS) is 37.0. The molecule has 1 aliphatic heterocycles. The third-order valence-corrected chi connectivity index (χ3v) is 3.10. The van der Waals surface area contributed by atoms with Crippen molar-refractivity contribution in [3.05, 3.63) is 0 Å². The van der Waals surface area contributed by atoms with E-state index in [1.165, 1.54) is 32.2 Å². The van der Waals surface area contributed by atoms with Crippen molar-refractivity contribution in [2.75, 3.05) is 13.1 Å². The van der Waals surface area contributed by atoms with Crippen LogP contribution in [0.3, 0.4) is 0 Å². The molecule has 1 heterocycles. The molecule has 2 fully saturated rings. The fourth-order valence-electron chi connectivity index (χ4n) is 2.48. The van der Waals surface area contributed by atoms with Crippen molar-refractivity contribution in [1.29, 1.82) is 0 Å². The number of hydrogen-bond donors (Lipinski definition) is 0. The van der Waals surface area contributed by atoms with Gasteiger partial charge in [0.2, 0.25) is 0 Å². The highest BCUT2D eigenvalue weighted by molar-refractivity contribution is 5.00. The van der Waals surface area contributed by atoms with E-state index >= 15 is 0 Å². The summed E-state index contributed by atoms with van der Waals surface area (Å²) in [5.41, 5.74) is 0. The summed E-state index contributed by atoms with van der Waals surface area (Å²) in [5.74, 6) is 3.73. The van der Waals surface area contributed by atoms with Gasteiger partial charge in [-0.2, -0.15) is 0 Å². The summed E-state index contributed by atoms with van der Waals surface area (Å²) < 4.78 is 0. The molecule has 0 amide bonds. The van der Waals surface area contributed by atoms with E-state index in [4.69, 9.17) is 6.42 Å². The van der Waals surface area contributed by atoms with Gasteiger partial charge < -0.3 is 0 Å². The van der Waals surface area contributed by atoms with E-state index in [0.29, 0.717) is 0 Å². The average molecular weight is 149 g/mol. The minimum atomic E-state index is 0.861. The molecule has 0 aromatic carbocycles. The number of terminal acetylenes is 1. The van der Waals surface area contributed by atoms with E-state index < -0.39 is 0 Å². The van der Waals surface area contributed by atoms with Crippen LogP contribution >= 0.6 is 0 Å². The first-order valence-electron chi connectivity index (χ1n) is 4.59. The van der Waals surface area contributed by atoms with Crippen LogP contribution in [-0.2, 0) is 0 Å². The van der Waals surface area contributed by atoms with Crippen LogP contribution in [-0.4, -0.2) is 24.0 Å². The Labute approximate surface area is 68.8 Å². The van der Waals surface area contributed by atoms with Crippen LogP contribution in [0.5, 0.6) is 0 Å². The summed E-state index contributed by atoms with van der Waals surface area (Å²) in [6, 6.07) is 0.861. The lowest BCUT2D eigenvalue weighted by molar-refractivity contribution is -0.00258.